The largest absolute Gasteiger partial charge is 0.478 e. The fraction of sp³-hybridized carbons (Fsp3) is 0.733. The maximum absolute atomic E-state index is 5.89. The molecule has 0 aliphatic heterocycles. The Morgan fingerprint density at radius 3 is 2.60 bits per heavy atom. The second kappa shape index (κ2) is 7.67. The van der Waals surface area contributed by atoms with Gasteiger partial charge in [0.2, 0.25) is 11.8 Å². The Bertz CT molecular complexity index is 418. The van der Waals surface area contributed by atoms with Gasteiger partial charge in [0.15, 0.2) is 0 Å². The maximum Gasteiger partial charge on any atom is 0.226 e. The summed E-state index contributed by atoms with van der Waals surface area (Å²) in [6.07, 6.45) is 1.83. The lowest BCUT2D eigenvalue weighted by Gasteiger charge is -2.31. The SMILES string of the molecule is CCCOc1cc(C)nc(NC(CCCl)C(C)(C)C)n1. The van der Waals surface area contributed by atoms with Crippen molar-refractivity contribution in [2.45, 2.75) is 53.5 Å². The van der Waals surface area contributed by atoms with E-state index in [-0.39, 0.29) is 11.5 Å². The van der Waals surface area contributed by atoms with Crippen molar-refractivity contribution in [2.75, 3.05) is 17.8 Å². The van der Waals surface area contributed by atoms with Crippen LogP contribution in [-0.2, 0) is 0 Å². The summed E-state index contributed by atoms with van der Waals surface area (Å²) in [4.78, 5) is 8.85. The third-order valence-electron chi connectivity index (χ3n) is 3.03. The van der Waals surface area contributed by atoms with Crippen molar-refractivity contribution in [1.82, 2.24) is 9.97 Å². The molecule has 1 heterocycles. The number of nitrogens with one attached hydrogen (secondary N) is 1. The smallest absolute Gasteiger partial charge is 0.226 e. The molecule has 0 amide bonds. The first-order valence-corrected chi connectivity index (χ1v) is 7.71. The van der Waals surface area contributed by atoms with Gasteiger partial charge in [-0.15, -0.1) is 11.6 Å². The van der Waals surface area contributed by atoms with Gasteiger partial charge in [0.05, 0.1) is 6.61 Å². The third-order valence-corrected chi connectivity index (χ3v) is 3.25. The third kappa shape index (κ3) is 5.53. The van der Waals surface area contributed by atoms with E-state index in [9.17, 15) is 0 Å². The molecule has 114 valence electrons. The molecule has 0 saturated heterocycles. The molecule has 4 nitrogen and oxygen atoms in total. The molecule has 0 bridgehead atoms. The van der Waals surface area contributed by atoms with Gasteiger partial charge in [0, 0.05) is 23.7 Å². The summed E-state index contributed by atoms with van der Waals surface area (Å²) in [5.41, 5.74) is 0.985. The van der Waals surface area contributed by atoms with Crippen molar-refractivity contribution in [2.24, 2.45) is 5.41 Å². The maximum atomic E-state index is 5.89. The number of rotatable bonds is 7. The molecule has 1 N–H and O–H groups in total. The Kier molecular flexibility index (Phi) is 6.53. The monoisotopic (exact) mass is 299 g/mol. The van der Waals surface area contributed by atoms with Gasteiger partial charge in [-0.3, -0.25) is 0 Å². The average molecular weight is 300 g/mol. The molecule has 0 saturated carbocycles. The van der Waals surface area contributed by atoms with Crippen LogP contribution in [0.4, 0.5) is 5.95 Å². The molecule has 1 rings (SSSR count). The molecule has 20 heavy (non-hydrogen) atoms. The molecule has 1 unspecified atom stereocenters. The first kappa shape index (κ1) is 17.0. The quantitative estimate of drug-likeness (QED) is 0.772. The minimum absolute atomic E-state index is 0.0897. The highest BCUT2D eigenvalue weighted by Crippen LogP contribution is 2.25. The Labute approximate surface area is 127 Å². The molecule has 0 radical (unpaired) electrons. The number of halogens is 1. The molecule has 5 heteroatoms. The normalized spacial score (nSPS) is 13.1. The zero-order chi connectivity index (χ0) is 15.2. The number of aryl methyl sites for hydroxylation is 1. The average Bonchev–Trinajstić information content (AvgIpc) is 2.34. The first-order valence-electron chi connectivity index (χ1n) is 7.17. The van der Waals surface area contributed by atoms with Crippen molar-refractivity contribution in [3.05, 3.63) is 11.8 Å². The molecule has 0 spiro atoms. The number of ether oxygens (including phenoxy) is 1. The lowest BCUT2D eigenvalue weighted by molar-refractivity contribution is 0.303. The number of alkyl halides is 1. The zero-order valence-electron chi connectivity index (χ0n) is 13.2. The van der Waals surface area contributed by atoms with E-state index in [2.05, 4.69) is 43.0 Å². The highest BCUT2D eigenvalue weighted by molar-refractivity contribution is 6.17. The van der Waals surface area contributed by atoms with Crippen LogP contribution in [-0.4, -0.2) is 28.5 Å². The van der Waals surface area contributed by atoms with Crippen LogP contribution in [0.3, 0.4) is 0 Å². The van der Waals surface area contributed by atoms with Gasteiger partial charge in [-0.25, -0.2) is 4.98 Å². The summed E-state index contributed by atoms with van der Waals surface area (Å²) >= 11 is 5.89. The van der Waals surface area contributed by atoms with Crippen LogP contribution in [0.1, 0.15) is 46.2 Å². The predicted molar refractivity (Wildman–Crippen MR) is 84.8 cm³/mol. The van der Waals surface area contributed by atoms with Gasteiger partial charge in [0.1, 0.15) is 0 Å². The van der Waals surface area contributed by atoms with Gasteiger partial charge in [-0.2, -0.15) is 4.98 Å². The van der Waals surface area contributed by atoms with Crippen molar-refractivity contribution in [1.29, 1.82) is 0 Å². The highest BCUT2D eigenvalue weighted by Gasteiger charge is 2.24. The topological polar surface area (TPSA) is 47.0 Å². The Hall–Kier alpha value is -1.03. The van der Waals surface area contributed by atoms with Crippen LogP contribution in [0, 0.1) is 12.3 Å². The Morgan fingerprint density at radius 1 is 1.35 bits per heavy atom. The molecule has 1 atom stereocenters. The first-order chi connectivity index (χ1) is 9.36. The summed E-state index contributed by atoms with van der Waals surface area (Å²) in [6.45, 7) is 11.2. The molecule has 0 aromatic carbocycles. The minimum Gasteiger partial charge on any atom is -0.478 e. The summed E-state index contributed by atoms with van der Waals surface area (Å²) in [6, 6.07) is 2.08. The number of aromatic nitrogens is 2. The summed E-state index contributed by atoms with van der Waals surface area (Å²) < 4.78 is 5.59. The van der Waals surface area contributed by atoms with E-state index in [1.54, 1.807) is 0 Å². The van der Waals surface area contributed by atoms with Gasteiger partial charge < -0.3 is 10.1 Å². The van der Waals surface area contributed by atoms with Crippen LogP contribution in [0.15, 0.2) is 6.07 Å². The summed E-state index contributed by atoms with van der Waals surface area (Å²) in [5, 5.41) is 3.39. The number of anilines is 1. The van der Waals surface area contributed by atoms with Crippen molar-refractivity contribution in [3.63, 3.8) is 0 Å². The van der Waals surface area contributed by atoms with Crippen LogP contribution < -0.4 is 10.1 Å². The molecule has 0 aliphatic rings. The van der Waals surface area contributed by atoms with Gasteiger partial charge in [-0.1, -0.05) is 27.7 Å². The van der Waals surface area contributed by atoms with Gasteiger partial charge in [-0.05, 0) is 25.2 Å². The number of hydrogen-bond acceptors (Lipinski definition) is 4. The summed E-state index contributed by atoms with van der Waals surface area (Å²) in [7, 11) is 0. The van der Waals surface area contributed by atoms with E-state index in [1.165, 1.54) is 0 Å². The molecule has 1 aromatic heterocycles. The van der Waals surface area contributed by atoms with Crippen LogP contribution >= 0.6 is 11.6 Å². The Morgan fingerprint density at radius 2 is 2.05 bits per heavy atom. The highest BCUT2D eigenvalue weighted by atomic mass is 35.5. The lowest BCUT2D eigenvalue weighted by atomic mass is 9.85. The van der Waals surface area contributed by atoms with Crippen LogP contribution in [0.25, 0.3) is 0 Å². The van der Waals surface area contributed by atoms with Gasteiger partial charge in [0.25, 0.3) is 0 Å². The van der Waals surface area contributed by atoms with Crippen LogP contribution in [0.2, 0.25) is 0 Å². The second-order valence-electron chi connectivity index (χ2n) is 6.06. The van der Waals surface area contributed by atoms with E-state index in [1.807, 2.05) is 13.0 Å². The van der Waals surface area contributed by atoms with E-state index in [0.29, 0.717) is 24.3 Å². The van der Waals surface area contributed by atoms with Crippen LogP contribution in [0.5, 0.6) is 5.88 Å². The van der Waals surface area contributed by atoms with Crippen molar-refractivity contribution >= 4 is 17.5 Å². The van der Waals surface area contributed by atoms with Gasteiger partial charge >= 0.3 is 0 Å². The number of hydrogen-bond donors (Lipinski definition) is 1. The Balaban J connectivity index is 2.86. The van der Waals surface area contributed by atoms with Crippen molar-refractivity contribution in [3.8, 4) is 5.88 Å². The molecule has 0 aliphatic carbocycles. The van der Waals surface area contributed by atoms with E-state index >= 15 is 0 Å². The van der Waals surface area contributed by atoms with E-state index < -0.39 is 0 Å². The molecule has 0 fully saturated rings. The lowest BCUT2D eigenvalue weighted by Crippen LogP contribution is -2.35. The summed E-state index contributed by atoms with van der Waals surface area (Å²) in [5.74, 6) is 1.85. The molecule has 1 aromatic rings. The predicted octanol–water partition coefficient (Wildman–Crippen LogP) is 4.03. The minimum atomic E-state index is 0.0897. The molecular weight excluding hydrogens is 274 g/mol. The zero-order valence-corrected chi connectivity index (χ0v) is 13.9. The fourth-order valence-corrected chi connectivity index (χ4v) is 2.09. The fourth-order valence-electron chi connectivity index (χ4n) is 1.87. The van der Waals surface area contributed by atoms with Crippen molar-refractivity contribution < 1.29 is 4.74 Å². The van der Waals surface area contributed by atoms with E-state index in [0.717, 1.165) is 18.5 Å². The number of nitrogens with zero attached hydrogens (tertiary/aromatic N) is 2. The van der Waals surface area contributed by atoms with E-state index in [4.69, 9.17) is 16.3 Å². The molecular formula is C15H26ClN3O. The standard InChI is InChI=1S/C15H26ClN3O/c1-6-9-20-13-10-11(2)17-14(19-13)18-12(7-8-16)15(3,4)5/h10,12H,6-9H2,1-5H3,(H,17,18,19). The second-order valence-corrected chi connectivity index (χ2v) is 6.44.